The second kappa shape index (κ2) is 6.31. The number of hydrogen-bond acceptors (Lipinski definition) is 6. The predicted molar refractivity (Wildman–Crippen MR) is 77.7 cm³/mol. The molecule has 0 atom stereocenters. The molecule has 0 bridgehead atoms. The van der Waals surface area contributed by atoms with E-state index in [0.29, 0.717) is 24.7 Å². The van der Waals surface area contributed by atoms with E-state index < -0.39 is 0 Å². The van der Waals surface area contributed by atoms with Crippen LogP contribution in [0.4, 0.5) is 11.6 Å². The molecule has 6 nitrogen and oxygen atoms in total. The van der Waals surface area contributed by atoms with Gasteiger partial charge in [-0.05, 0) is 12.1 Å². The first-order chi connectivity index (χ1) is 10.4. The fraction of sp³-hybridized carbons (Fsp3) is 0.267. The van der Waals surface area contributed by atoms with E-state index in [4.69, 9.17) is 10.00 Å². The van der Waals surface area contributed by atoms with Crippen LogP contribution in [0.3, 0.4) is 0 Å². The maximum Gasteiger partial charge on any atom is 0.245 e. The number of hydrogen-bond donors (Lipinski definition) is 0. The summed E-state index contributed by atoms with van der Waals surface area (Å²) in [5, 5.41) is 13.0. The zero-order valence-electron chi connectivity index (χ0n) is 11.5. The standard InChI is InChI=1S/C15H15N5O/c16-10-13-11-17-15(18-12-13)20(14-4-2-1-3-5-14)19-6-8-21-9-7-19/h1-5,11-12H,6-9H2. The molecule has 0 amide bonds. The van der Waals surface area contributed by atoms with Crippen LogP contribution in [0.5, 0.6) is 0 Å². The van der Waals surface area contributed by atoms with Crippen molar-refractivity contribution in [2.75, 3.05) is 31.3 Å². The van der Waals surface area contributed by atoms with Gasteiger partial charge in [0.25, 0.3) is 0 Å². The van der Waals surface area contributed by atoms with Crippen LogP contribution in [-0.4, -0.2) is 41.3 Å². The highest BCUT2D eigenvalue weighted by Gasteiger charge is 2.22. The van der Waals surface area contributed by atoms with Crippen LogP contribution in [0, 0.1) is 11.3 Å². The summed E-state index contributed by atoms with van der Waals surface area (Å²) in [4.78, 5) is 8.62. The monoisotopic (exact) mass is 281 g/mol. The SMILES string of the molecule is N#Cc1cnc(N(c2ccccc2)N2CCOCC2)nc1. The highest BCUT2D eigenvalue weighted by molar-refractivity contribution is 5.55. The molecule has 1 fully saturated rings. The highest BCUT2D eigenvalue weighted by atomic mass is 16.5. The van der Waals surface area contributed by atoms with Crippen LogP contribution in [0.1, 0.15) is 5.56 Å². The second-order valence-electron chi connectivity index (χ2n) is 4.60. The zero-order chi connectivity index (χ0) is 14.5. The number of hydrazine groups is 1. The van der Waals surface area contributed by atoms with Crippen molar-refractivity contribution in [1.82, 2.24) is 15.0 Å². The molecule has 3 rings (SSSR count). The lowest BCUT2D eigenvalue weighted by molar-refractivity contribution is 0.0371. The van der Waals surface area contributed by atoms with Crippen molar-refractivity contribution in [1.29, 1.82) is 5.26 Å². The van der Waals surface area contributed by atoms with E-state index in [1.54, 1.807) is 12.4 Å². The Hall–Kier alpha value is -2.49. The van der Waals surface area contributed by atoms with Crippen LogP contribution < -0.4 is 5.01 Å². The molecular formula is C15H15N5O. The molecule has 0 unspecified atom stereocenters. The van der Waals surface area contributed by atoms with E-state index in [2.05, 4.69) is 15.0 Å². The zero-order valence-corrected chi connectivity index (χ0v) is 11.5. The molecule has 1 aromatic carbocycles. The third-order valence-corrected chi connectivity index (χ3v) is 3.23. The normalized spacial score (nSPS) is 15.4. The van der Waals surface area contributed by atoms with Gasteiger partial charge < -0.3 is 4.74 Å². The van der Waals surface area contributed by atoms with E-state index >= 15 is 0 Å². The van der Waals surface area contributed by atoms with Crippen LogP contribution in [0.15, 0.2) is 42.7 Å². The Kier molecular flexibility index (Phi) is 4.05. The Labute approximate surface area is 123 Å². The Morgan fingerprint density at radius 1 is 1.10 bits per heavy atom. The van der Waals surface area contributed by atoms with Crippen molar-refractivity contribution < 1.29 is 4.74 Å². The first-order valence-electron chi connectivity index (χ1n) is 6.78. The number of para-hydroxylation sites is 1. The second-order valence-corrected chi connectivity index (χ2v) is 4.60. The molecule has 1 aliphatic heterocycles. The van der Waals surface area contributed by atoms with Gasteiger partial charge in [0.15, 0.2) is 0 Å². The largest absolute Gasteiger partial charge is 0.379 e. The van der Waals surface area contributed by atoms with E-state index in [1.165, 1.54) is 0 Å². The number of aromatic nitrogens is 2. The van der Waals surface area contributed by atoms with Crippen molar-refractivity contribution in [3.05, 3.63) is 48.3 Å². The van der Waals surface area contributed by atoms with E-state index in [0.717, 1.165) is 18.8 Å². The Bertz CT molecular complexity index is 617. The fourth-order valence-corrected chi connectivity index (χ4v) is 2.22. The van der Waals surface area contributed by atoms with Gasteiger partial charge in [-0.1, -0.05) is 18.2 Å². The molecule has 6 heteroatoms. The first-order valence-corrected chi connectivity index (χ1v) is 6.78. The molecule has 1 aromatic heterocycles. The molecule has 0 aliphatic carbocycles. The third-order valence-electron chi connectivity index (χ3n) is 3.23. The molecule has 1 saturated heterocycles. The third kappa shape index (κ3) is 2.99. The highest BCUT2D eigenvalue weighted by Crippen LogP contribution is 2.24. The lowest BCUT2D eigenvalue weighted by Crippen LogP contribution is -2.47. The van der Waals surface area contributed by atoms with Crippen LogP contribution in [-0.2, 0) is 4.74 Å². The van der Waals surface area contributed by atoms with Crippen molar-refractivity contribution >= 4 is 11.6 Å². The number of benzene rings is 1. The molecule has 0 spiro atoms. The van der Waals surface area contributed by atoms with Gasteiger partial charge in [0.05, 0.1) is 36.9 Å². The molecule has 0 radical (unpaired) electrons. The number of anilines is 2. The number of rotatable bonds is 3. The van der Waals surface area contributed by atoms with E-state index in [1.807, 2.05) is 41.4 Å². The molecule has 106 valence electrons. The van der Waals surface area contributed by atoms with Gasteiger partial charge in [-0.3, -0.25) is 0 Å². The van der Waals surface area contributed by atoms with Gasteiger partial charge in [-0.2, -0.15) is 5.26 Å². The van der Waals surface area contributed by atoms with Crippen LogP contribution in [0.25, 0.3) is 0 Å². The summed E-state index contributed by atoms with van der Waals surface area (Å²) < 4.78 is 5.41. The molecule has 2 aromatic rings. The van der Waals surface area contributed by atoms with Gasteiger partial charge in [0.1, 0.15) is 6.07 Å². The summed E-state index contributed by atoms with van der Waals surface area (Å²) in [6, 6.07) is 12.0. The molecule has 0 saturated carbocycles. The Morgan fingerprint density at radius 2 is 1.76 bits per heavy atom. The van der Waals surface area contributed by atoms with Crippen LogP contribution in [0.2, 0.25) is 0 Å². The fourth-order valence-electron chi connectivity index (χ4n) is 2.22. The average molecular weight is 281 g/mol. The number of nitriles is 1. The lowest BCUT2D eigenvalue weighted by Gasteiger charge is -2.37. The summed E-state index contributed by atoms with van der Waals surface area (Å²) >= 11 is 0. The summed E-state index contributed by atoms with van der Waals surface area (Å²) in [5.41, 5.74) is 1.44. The summed E-state index contributed by atoms with van der Waals surface area (Å²) in [7, 11) is 0. The Balaban J connectivity index is 1.96. The van der Waals surface area contributed by atoms with E-state index in [-0.39, 0.29) is 0 Å². The van der Waals surface area contributed by atoms with Gasteiger partial charge in [0, 0.05) is 13.1 Å². The van der Waals surface area contributed by atoms with Gasteiger partial charge in [-0.25, -0.2) is 20.0 Å². The first kappa shape index (κ1) is 13.5. The Morgan fingerprint density at radius 3 is 2.38 bits per heavy atom. The quantitative estimate of drug-likeness (QED) is 0.853. The maximum atomic E-state index is 8.86. The van der Waals surface area contributed by atoms with Gasteiger partial charge in [-0.15, -0.1) is 0 Å². The smallest absolute Gasteiger partial charge is 0.245 e. The van der Waals surface area contributed by atoms with Crippen molar-refractivity contribution in [3.8, 4) is 6.07 Å². The van der Waals surface area contributed by atoms with Crippen molar-refractivity contribution in [2.24, 2.45) is 0 Å². The minimum Gasteiger partial charge on any atom is -0.379 e. The predicted octanol–water partition coefficient (Wildman–Crippen LogP) is 1.73. The molecule has 0 N–H and O–H groups in total. The van der Waals surface area contributed by atoms with Crippen molar-refractivity contribution in [2.45, 2.75) is 0 Å². The van der Waals surface area contributed by atoms with E-state index in [9.17, 15) is 0 Å². The minimum absolute atomic E-state index is 0.453. The topological polar surface area (TPSA) is 65.3 Å². The summed E-state index contributed by atoms with van der Waals surface area (Å²) in [5.74, 6) is 0.558. The van der Waals surface area contributed by atoms with Crippen LogP contribution >= 0.6 is 0 Å². The molecule has 2 heterocycles. The minimum atomic E-state index is 0.453. The number of morpholine rings is 1. The molecule has 1 aliphatic rings. The summed E-state index contributed by atoms with van der Waals surface area (Å²) in [6.07, 6.45) is 3.08. The van der Waals surface area contributed by atoms with Gasteiger partial charge in [0.2, 0.25) is 5.95 Å². The summed E-state index contributed by atoms with van der Waals surface area (Å²) in [6.45, 7) is 2.91. The van der Waals surface area contributed by atoms with Gasteiger partial charge >= 0.3 is 0 Å². The van der Waals surface area contributed by atoms with Crippen molar-refractivity contribution in [3.63, 3.8) is 0 Å². The lowest BCUT2D eigenvalue weighted by atomic mass is 10.3. The molecular weight excluding hydrogens is 266 g/mol. The average Bonchev–Trinajstić information content (AvgIpc) is 2.58. The number of ether oxygens (including phenoxy) is 1. The molecule has 21 heavy (non-hydrogen) atoms. The maximum absolute atomic E-state index is 8.86. The number of nitrogens with zero attached hydrogens (tertiary/aromatic N) is 5.